The van der Waals surface area contributed by atoms with E-state index >= 15 is 0 Å². The molecule has 0 aliphatic rings. The molecular weight excluding hydrogens is 235 g/mol. The van der Waals surface area contributed by atoms with Gasteiger partial charge in [0.05, 0.1) is 12.6 Å². The third-order valence-electron chi connectivity index (χ3n) is 2.42. The highest BCUT2D eigenvalue weighted by Gasteiger charge is 2.05. The number of benzene rings is 1. The molecule has 0 aliphatic carbocycles. The molecule has 5 heteroatoms. The number of carbonyl (C=O) groups excluding carboxylic acids is 1. The summed E-state index contributed by atoms with van der Waals surface area (Å²) >= 11 is 0. The van der Waals surface area contributed by atoms with Gasteiger partial charge in [-0.1, -0.05) is 13.3 Å². The first kappa shape index (κ1) is 14.6. The Morgan fingerprint density at radius 2 is 2.06 bits per heavy atom. The van der Waals surface area contributed by atoms with Crippen LogP contribution in [0.25, 0.3) is 0 Å². The van der Waals surface area contributed by atoms with Crippen molar-refractivity contribution in [2.75, 3.05) is 18.4 Å². The zero-order valence-electron chi connectivity index (χ0n) is 10.4. The number of amides is 1. The van der Waals surface area contributed by atoms with E-state index < -0.39 is 6.10 Å². The molecule has 0 radical (unpaired) electrons. The van der Waals surface area contributed by atoms with Crippen molar-refractivity contribution in [3.05, 3.63) is 30.1 Å². The van der Waals surface area contributed by atoms with E-state index in [-0.39, 0.29) is 18.3 Å². The molecule has 1 aromatic carbocycles. The molecule has 0 saturated heterocycles. The van der Waals surface area contributed by atoms with Gasteiger partial charge < -0.3 is 15.7 Å². The lowest BCUT2D eigenvalue weighted by Gasteiger charge is -2.10. The zero-order valence-corrected chi connectivity index (χ0v) is 10.4. The van der Waals surface area contributed by atoms with Gasteiger partial charge in [0.25, 0.3) is 0 Å². The Balaban J connectivity index is 2.23. The third kappa shape index (κ3) is 5.75. The SMILES string of the molecule is CCCC(O)CNCC(=O)Nc1ccc(F)cc1. The number of hydrogen-bond acceptors (Lipinski definition) is 3. The van der Waals surface area contributed by atoms with Crippen LogP contribution in [0, 0.1) is 5.82 Å². The van der Waals surface area contributed by atoms with Crippen molar-refractivity contribution in [3.8, 4) is 0 Å². The van der Waals surface area contributed by atoms with E-state index in [0.29, 0.717) is 18.7 Å². The second-order valence-corrected chi connectivity index (χ2v) is 4.13. The second kappa shape index (κ2) is 7.79. The van der Waals surface area contributed by atoms with Gasteiger partial charge >= 0.3 is 0 Å². The fraction of sp³-hybridized carbons (Fsp3) is 0.462. The Kier molecular flexibility index (Phi) is 6.32. The fourth-order valence-electron chi connectivity index (χ4n) is 1.53. The highest BCUT2D eigenvalue weighted by Crippen LogP contribution is 2.07. The van der Waals surface area contributed by atoms with Crippen molar-refractivity contribution in [1.82, 2.24) is 5.32 Å². The van der Waals surface area contributed by atoms with Gasteiger partial charge in [0.15, 0.2) is 0 Å². The van der Waals surface area contributed by atoms with Crippen LogP contribution in [-0.4, -0.2) is 30.2 Å². The minimum absolute atomic E-state index is 0.123. The van der Waals surface area contributed by atoms with Crippen LogP contribution in [0.2, 0.25) is 0 Å². The number of anilines is 1. The van der Waals surface area contributed by atoms with Gasteiger partial charge in [0.2, 0.25) is 5.91 Å². The highest BCUT2D eigenvalue weighted by molar-refractivity contribution is 5.92. The summed E-state index contributed by atoms with van der Waals surface area (Å²) in [6, 6.07) is 5.57. The quantitative estimate of drug-likeness (QED) is 0.691. The van der Waals surface area contributed by atoms with Crippen molar-refractivity contribution in [2.45, 2.75) is 25.9 Å². The first-order chi connectivity index (χ1) is 8.61. The number of carbonyl (C=O) groups is 1. The third-order valence-corrected chi connectivity index (χ3v) is 2.42. The summed E-state index contributed by atoms with van der Waals surface area (Å²) in [5, 5.41) is 14.9. The van der Waals surface area contributed by atoms with Crippen molar-refractivity contribution in [1.29, 1.82) is 0 Å². The van der Waals surface area contributed by atoms with Gasteiger partial charge in [-0.25, -0.2) is 4.39 Å². The maximum atomic E-state index is 12.6. The van der Waals surface area contributed by atoms with E-state index in [1.165, 1.54) is 24.3 Å². The maximum absolute atomic E-state index is 12.6. The van der Waals surface area contributed by atoms with Crippen LogP contribution in [0.4, 0.5) is 10.1 Å². The Bertz CT molecular complexity index is 368. The predicted octanol–water partition coefficient (Wildman–Crippen LogP) is 1.51. The van der Waals surface area contributed by atoms with E-state index in [1.54, 1.807) is 0 Å². The Labute approximate surface area is 106 Å². The van der Waals surface area contributed by atoms with Gasteiger partial charge in [0.1, 0.15) is 5.82 Å². The van der Waals surface area contributed by atoms with Crippen LogP contribution in [0.1, 0.15) is 19.8 Å². The molecule has 1 unspecified atom stereocenters. The van der Waals surface area contributed by atoms with Crippen molar-refractivity contribution in [3.63, 3.8) is 0 Å². The summed E-state index contributed by atoms with van der Waals surface area (Å²) in [4.78, 5) is 11.5. The van der Waals surface area contributed by atoms with E-state index in [9.17, 15) is 14.3 Å². The lowest BCUT2D eigenvalue weighted by Crippen LogP contribution is -2.33. The number of hydrogen-bond donors (Lipinski definition) is 3. The standard InChI is InChI=1S/C13H19FN2O2/c1-2-3-12(17)8-15-9-13(18)16-11-6-4-10(14)5-7-11/h4-7,12,15,17H,2-3,8-9H2,1H3,(H,16,18). The summed E-state index contributed by atoms with van der Waals surface area (Å²) in [6.45, 7) is 2.51. The molecule has 100 valence electrons. The zero-order chi connectivity index (χ0) is 13.4. The summed E-state index contributed by atoms with van der Waals surface area (Å²) in [6.07, 6.45) is 1.20. The van der Waals surface area contributed by atoms with Gasteiger partial charge in [-0.2, -0.15) is 0 Å². The van der Waals surface area contributed by atoms with Crippen molar-refractivity contribution < 1.29 is 14.3 Å². The topological polar surface area (TPSA) is 61.4 Å². The lowest BCUT2D eigenvalue weighted by atomic mass is 10.2. The Morgan fingerprint density at radius 3 is 2.67 bits per heavy atom. The molecule has 0 aromatic heterocycles. The number of rotatable bonds is 7. The largest absolute Gasteiger partial charge is 0.392 e. The van der Waals surface area contributed by atoms with Crippen LogP contribution in [0.5, 0.6) is 0 Å². The smallest absolute Gasteiger partial charge is 0.238 e. The van der Waals surface area contributed by atoms with E-state index in [2.05, 4.69) is 10.6 Å². The first-order valence-corrected chi connectivity index (χ1v) is 6.06. The predicted molar refractivity (Wildman–Crippen MR) is 68.8 cm³/mol. The average Bonchev–Trinajstić information content (AvgIpc) is 2.32. The summed E-state index contributed by atoms with van der Waals surface area (Å²) in [5.41, 5.74) is 0.553. The minimum atomic E-state index is -0.423. The van der Waals surface area contributed by atoms with E-state index in [0.717, 1.165) is 6.42 Å². The summed E-state index contributed by atoms with van der Waals surface area (Å²) < 4.78 is 12.6. The van der Waals surface area contributed by atoms with Gasteiger partial charge in [-0.3, -0.25) is 4.79 Å². The Morgan fingerprint density at radius 1 is 1.39 bits per heavy atom. The number of halogens is 1. The molecule has 1 rings (SSSR count). The van der Waals surface area contributed by atoms with Crippen molar-refractivity contribution in [2.24, 2.45) is 0 Å². The molecule has 0 fully saturated rings. The summed E-state index contributed by atoms with van der Waals surface area (Å²) in [7, 11) is 0. The van der Waals surface area contributed by atoms with Crippen LogP contribution >= 0.6 is 0 Å². The van der Waals surface area contributed by atoms with E-state index in [1.807, 2.05) is 6.92 Å². The Hall–Kier alpha value is -1.46. The molecule has 0 aliphatic heterocycles. The molecule has 0 heterocycles. The number of aliphatic hydroxyl groups excluding tert-OH is 1. The molecule has 4 nitrogen and oxygen atoms in total. The molecule has 0 saturated carbocycles. The molecule has 3 N–H and O–H groups in total. The number of nitrogens with one attached hydrogen (secondary N) is 2. The van der Waals surface area contributed by atoms with Gasteiger partial charge in [-0.05, 0) is 30.7 Å². The van der Waals surface area contributed by atoms with Crippen LogP contribution in [0.3, 0.4) is 0 Å². The molecular formula is C13H19FN2O2. The minimum Gasteiger partial charge on any atom is -0.392 e. The normalized spacial score (nSPS) is 12.2. The molecule has 1 amide bonds. The lowest BCUT2D eigenvalue weighted by molar-refractivity contribution is -0.115. The van der Waals surface area contributed by atoms with E-state index in [4.69, 9.17) is 0 Å². The van der Waals surface area contributed by atoms with Crippen LogP contribution in [-0.2, 0) is 4.79 Å². The highest BCUT2D eigenvalue weighted by atomic mass is 19.1. The molecule has 0 spiro atoms. The molecule has 1 aromatic rings. The average molecular weight is 254 g/mol. The van der Waals surface area contributed by atoms with Gasteiger partial charge in [-0.15, -0.1) is 0 Å². The molecule has 18 heavy (non-hydrogen) atoms. The fourth-order valence-corrected chi connectivity index (χ4v) is 1.53. The monoisotopic (exact) mass is 254 g/mol. The molecule has 1 atom stereocenters. The van der Waals surface area contributed by atoms with Crippen LogP contribution in [0.15, 0.2) is 24.3 Å². The van der Waals surface area contributed by atoms with Crippen LogP contribution < -0.4 is 10.6 Å². The maximum Gasteiger partial charge on any atom is 0.238 e. The van der Waals surface area contributed by atoms with Crippen molar-refractivity contribution >= 4 is 11.6 Å². The van der Waals surface area contributed by atoms with Gasteiger partial charge in [0, 0.05) is 12.2 Å². The first-order valence-electron chi connectivity index (χ1n) is 6.06. The second-order valence-electron chi connectivity index (χ2n) is 4.13. The number of aliphatic hydroxyl groups is 1. The molecule has 0 bridgehead atoms. The summed E-state index contributed by atoms with van der Waals surface area (Å²) in [5.74, 6) is -0.556.